The van der Waals surface area contributed by atoms with E-state index >= 15 is 0 Å². The molecule has 0 aromatic rings. The number of rotatable bonds is 7. The van der Waals surface area contributed by atoms with Gasteiger partial charge >= 0.3 is 101 Å². The molecule has 0 fully saturated rings. The minimum Gasteiger partial charge on any atom is -0.876 e. The Bertz CT molecular complexity index is 1790. The van der Waals surface area contributed by atoms with Crippen LogP contribution in [0.25, 0.3) is 0 Å². The Morgan fingerprint density at radius 2 is 0.355 bits per heavy atom. The van der Waals surface area contributed by atoms with E-state index in [9.17, 15) is 175 Å². The van der Waals surface area contributed by atoms with Crippen molar-refractivity contribution in [2.75, 3.05) is 0 Å². The third kappa shape index (κ3) is 62.6. The second-order valence-corrected chi connectivity index (χ2v) is 11.6. The van der Waals surface area contributed by atoms with Crippen LogP contribution in [-0.4, -0.2) is 89.9 Å². The van der Waals surface area contributed by atoms with E-state index in [-0.39, 0.29) is 85.8 Å². The van der Waals surface area contributed by atoms with Gasteiger partial charge in [0.05, 0.1) is 0 Å². The number of hydrogen-bond acceptors (Lipinski definition) is 14. The first-order valence-corrected chi connectivity index (χ1v) is 16.4. The molecule has 1 radical (unpaired) electrons. The average Bonchev–Trinajstić information content (AvgIpc) is 3.08. The first kappa shape index (κ1) is 92.9. The molecule has 0 spiro atoms. The van der Waals surface area contributed by atoms with Gasteiger partial charge in [0.2, 0.25) is 0 Å². The minimum atomic E-state index is -5.46. The molecule has 0 aliphatic rings. The number of carbonyl (C=O) groups excluding carboxylic acids is 7. The maximum absolute atomic E-state index is 11.3. The fourth-order valence-electron chi connectivity index (χ4n) is 1.99. The summed E-state index contributed by atoms with van der Waals surface area (Å²) in [6.45, 7) is 8.09. The van der Waals surface area contributed by atoms with Crippen LogP contribution in [0.3, 0.4) is 0 Å². The van der Waals surface area contributed by atoms with Crippen molar-refractivity contribution in [3.8, 4) is 0 Å². The summed E-state index contributed by atoms with van der Waals surface area (Å²) in [4.78, 5) is 69.2. The summed E-state index contributed by atoms with van der Waals surface area (Å²) in [6, 6.07) is 0. The van der Waals surface area contributed by atoms with Gasteiger partial charge in [-0.3, -0.25) is 33.6 Å². The zero-order chi connectivity index (χ0) is 61.0. The molecule has 41 heteroatoms. The van der Waals surface area contributed by atoms with Crippen molar-refractivity contribution in [2.45, 2.75) is 91.0 Å². The van der Waals surface area contributed by atoms with Crippen LogP contribution in [0.15, 0.2) is 82.8 Å². The first-order valence-electron chi connectivity index (χ1n) is 16.4. The summed E-state index contributed by atoms with van der Waals surface area (Å²) in [5.74, 6) is -23.7. The molecule has 0 unspecified atom stereocenters. The Hall–Kier alpha value is -5.65. The maximum Gasteiger partial charge on any atom is 3.00 e. The predicted molar refractivity (Wildman–Crippen MR) is 174 cm³/mol. The number of hydrogen-bond donors (Lipinski definition) is 0. The third-order valence-electron chi connectivity index (χ3n) is 4.50. The Morgan fingerprint density at radius 1 is 0.250 bits per heavy atom. The molecule has 14 nitrogen and oxygen atoms in total. The quantitative estimate of drug-likeness (QED) is 0.153. The molecule has 0 aromatic carbocycles. The number of carbonyl (C=O) groups is 7. The molecule has 0 bridgehead atoms. The molecular weight excluding hydrogens is 1270 g/mol. The van der Waals surface area contributed by atoms with Gasteiger partial charge in [0, 0.05) is 0 Å². The second-order valence-electron chi connectivity index (χ2n) is 11.6. The van der Waals surface area contributed by atoms with Crippen LogP contribution in [0.1, 0.15) is 41.5 Å². The van der Waals surface area contributed by atoms with Gasteiger partial charge in [-0.2, -0.15) is 105 Å². The van der Waals surface area contributed by atoms with Crippen LogP contribution >= 0.6 is 0 Å². The molecule has 76 heavy (non-hydrogen) atoms. The molecule has 0 N–H and O–H groups in total. The molecule has 0 saturated heterocycles. The van der Waals surface area contributed by atoms with Crippen LogP contribution in [0.5, 0.6) is 0 Å². The van der Waals surface area contributed by atoms with E-state index in [1.54, 1.807) is 0 Å². The minimum absolute atomic E-state index is 0. The summed E-state index contributed by atoms with van der Waals surface area (Å²) < 4.78 is 271. The van der Waals surface area contributed by atoms with Crippen LogP contribution in [0, 0.1) is 0 Å². The number of ketones is 7. The maximum atomic E-state index is 11.3. The number of halogens is 24. The van der Waals surface area contributed by atoms with Crippen molar-refractivity contribution in [2.24, 2.45) is 0 Å². The molecule has 0 aliphatic heterocycles. The van der Waals surface area contributed by atoms with Crippen molar-refractivity contribution in [1.82, 2.24) is 0 Å². The summed E-state index contributed by atoms with van der Waals surface area (Å²) in [7, 11) is 0. The van der Waals surface area contributed by atoms with Gasteiger partial charge < -0.3 is 35.7 Å². The van der Waals surface area contributed by atoms with E-state index in [0.717, 1.165) is 18.2 Å². The van der Waals surface area contributed by atoms with Gasteiger partial charge in [0.1, 0.15) is 0 Å². The molecule has 0 aromatic heterocycles. The van der Waals surface area contributed by atoms with Gasteiger partial charge in [-0.05, 0) is 86.3 Å². The van der Waals surface area contributed by atoms with E-state index in [1.807, 2.05) is 0 Å². The van der Waals surface area contributed by atoms with E-state index in [2.05, 4.69) is 0 Å². The van der Waals surface area contributed by atoms with Gasteiger partial charge in [0.15, 0.2) is 17.3 Å². The monoisotopic (exact) mass is 1290 g/mol. The molecule has 0 saturated carbocycles. The van der Waals surface area contributed by atoms with Crippen molar-refractivity contribution < 1.29 is 226 Å². The third-order valence-corrected chi connectivity index (χ3v) is 4.50. The fourth-order valence-corrected chi connectivity index (χ4v) is 1.99. The van der Waals surface area contributed by atoms with E-state index < -0.39 is 120 Å². The SMILES string of the molecule is CC(=O)/C=C(/C)[O-].CC(=O)/C=C(/C)[O-].CC(=O)/C=C(/C)[O-].O=C(/C=C(\[O-])C(F)(F)F)C(F)(F)F.O=C(/C=C(\[O-])C(F)(F)F)C(F)(F)F.O=C(/C=C(\[O-])C(F)(F)F)C(F)(F)F.O=C(/C=C(\[O-])C(F)(F)F)C(F)(F)F.[Fe+2].[Fe+2].[Fe+3]. The molecular formula is C35H25F24Fe3O14. The second kappa shape index (κ2) is 38.8. The standard InChI is InChI=1S/4C5H2F6O2.3C5H8O2.3Fe/c4*6-4(7,8)2(12)1-3(13)5(9,10)11;3*1-4(6)3-5(2)7;;;/h4*1,12H;3*3,6H,1-2H3;;;/q;;;;;;;2*+2;+3/p-7/b4*2-1-;3*4-3-;;;. The predicted octanol–water partition coefficient (Wildman–Crippen LogP) is 3.21. The topological polar surface area (TPSA) is 281 Å². The Balaban J connectivity index is -0.0000000844. The zero-order valence-corrected chi connectivity index (χ0v) is 40.2. The summed E-state index contributed by atoms with van der Waals surface area (Å²) in [5.41, 5.74) is 0. The summed E-state index contributed by atoms with van der Waals surface area (Å²) in [6.07, 6.45) is -44.6. The average molecular weight is 1290 g/mol. The Morgan fingerprint density at radius 3 is 0.395 bits per heavy atom. The normalized spacial score (nSPS) is 13.1. The molecule has 0 rings (SSSR count). The van der Waals surface area contributed by atoms with Gasteiger partial charge in [-0.1, -0.05) is 20.8 Å². The molecule has 441 valence electrons. The van der Waals surface area contributed by atoms with Crippen molar-refractivity contribution in [3.05, 3.63) is 82.8 Å². The van der Waals surface area contributed by atoms with E-state index in [4.69, 9.17) is 0 Å². The molecule has 0 heterocycles. The number of allylic oxidation sites excluding steroid dienone is 14. The summed E-state index contributed by atoms with van der Waals surface area (Å²) >= 11 is 0. The molecule has 0 atom stereocenters. The largest absolute Gasteiger partial charge is 3.00 e. The van der Waals surface area contributed by atoms with Crippen LogP contribution in [-0.2, 0) is 84.8 Å². The zero-order valence-electron chi connectivity index (χ0n) is 36.9. The van der Waals surface area contributed by atoms with Crippen LogP contribution in [0.4, 0.5) is 105 Å². The molecule has 0 aliphatic carbocycles. The first-order chi connectivity index (χ1) is 31.6. The van der Waals surface area contributed by atoms with Crippen molar-refractivity contribution in [3.63, 3.8) is 0 Å². The van der Waals surface area contributed by atoms with Crippen LogP contribution < -0.4 is 35.7 Å². The van der Waals surface area contributed by atoms with Crippen LogP contribution in [0.2, 0.25) is 0 Å². The number of alkyl halides is 24. The van der Waals surface area contributed by atoms with Gasteiger partial charge in [0.25, 0.3) is 23.1 Å². The van der Waals surface area contributed by atoms with Crippen molar-refractivity contribution in [1.29, 1.82) is 0 Å². The Labute approximate surface area is 439 Å². The van der Waals surface area contributed by atoms with E-state index in [0.29, 0.717) is 0 Å². The smallest absolute Gasteiger partial charge is 0.876 e. The Kier molecular flexibility index (Phi) is 47.5. The van der Waals surface area contributed by atoms with Crippen molar-refractivity contribution >= 4 is 40.5 Å². The van der Waals surface area contributed by atoms with Gasteiger partial charge in [-0.15, -0.1) is 17.3 Å². The van der Waals surface area contributed by atoms with Gasteiger partial charge in [-0.25, -0.2) is 0 Å². The molecule has 0 amide bonds. The fraction of sp³-hybridized carbons (Fsp3) is 0.400. The van der Waals surface area contributed by atoms with E-state index in [1.165, 1.54) is 41.5 Å². The summed E-state index contributed by atoms with van der Waals surface area (Å²) in [5, 5.41) is 69.2.